The SMILES string of the molecule is C=C/C=C(/CNSc1ccc(C#CC(C)(C)C)cc1)c1ccccc1C. The molecule has 0 aliphatic rings. The average Bonchev–Trinajstić information content (AvgIpc) is 2.60. The molecule has 0 unspecified atom stereocenters. The second-order valence-corrected chi connectivity index (χ2v) is 8.15. The zero-order valence-electron chi connectivity index (χ0n) is 16.1. The van der Waals surface area contributed by atoms with Gasteiger partial charge in [0.05, 0.1) is 0 Å². The van der Waals surface area contributed by atoms with E-state index in [-0.39, 0.29) is 5.41 Å². The molecule has 0 saturated heterocycles. The second kappa shape index (κ2) is 9.48. The van der Waals surface area contributed by atoms with Crippen molar-refractivity contribution in [1.82, 2.24) is 4.72 Å². The summed E-state index contributed by atoms with van der Waals surface area (Å²) in [6.45, 7) is 13.1. The predicted octanol–water partition coefficient (Wildman–Crippen LogP) is 6.26. The Morgan fingerprint density at radius 2 is 1.81 bits per heavy atom. The van der Waals surface area contributed by atoms with Crippen LogP contribution in [0.15, 0.2) is 72.2 Å². The molecule has 0 bridgehead atoms. The first kappa shape index (κ1) is 20.1. The van der Waals surface area contributed by atoms with E-state index in [1.165, 1.54) is 21.6 Å². The Hall–Kier alpha value is -2.21. The molecule has 0 aliphatic heterocycles. The molecule has 0 aliphatic carbocycles. The Bertz CT molecular complexity index is 827. The molecule has 0 spiro atoms. The Morgan fingerprint density at radius 3 is 2.42 bits per heavy atom. The number of hydrogen-bond acceptors (Lipinski definition) is 2. The molecule has 26 heavy (non-hydrogen) atoms. The zero-order valence-corrected chi connectivity index (χ0v) is 16.9. The van der Waals surface area contributed by atoms with Crippen LogP contribution in [0, 0.1) is 24.2 Å². The van der Waals surface area contributed by atoms with E-state index in [2.05, 4.69) is 105 Å². The largest absolute Gasteiger partial charge is 0.255 e. The number of nitrogens with one attached hydrogen (secondary N) is 1. The van der Waals surface area contributed by atoms with Gasteiger partial charge in [0.25, 0.3) is 0 Å². The van der Waals surface area contributed by atoms with Gasteiger partial charge in [-0.3, -0.25) is 4.72 Å². The maximum atomic E-state index is 3.84. The predicted molar refractivity (Wildman–Crippen MR) is 116 cm³/mol. The smallest absolute Gasteiger partial charge is 0.0319 e. The van der Waals surface area contributed by atoms with E-state index in [4.69, 9.17) is 0 Å². The summed E-state index contributed by atoms with van der Waals surface area (Å²) in [5, 5.41) is 0. The fraction of sp³-hybridized carbons (Fsp3) is 0.250. The molecule has 0 atom stereocenters. The third-order valence-corrected chi connectivity index (χ3v) is 4.50. The Morgan fingerprint density at radius 1 is 1.12 bits per heavy atom. The Labute approximate surface area is 162 Å². The van der Waals surface area contributed by atoms with Crippen LogP contribution in [0.4, 0.5) is 0 Å². The maximum Gasteiger partial charge on any atom is 0.0319 e. The van der Waals surface area contributed by atoms with Crippen molar-refractivity contribution in [2.24, 2.45) is 5.41 Å². The number of rotatable bonds is 6. The molecular weight excluding hydrogens is 334 g/mol. The highest BCUT2D eigenvalue weighted by atomic mass is 32.2. The third-order valence-electron chi connectivity index (χ3n) is 3.70. The van der Waals surface area contributed by atoms with E-state index in [0.29, 0.717) is 0 Å². The molecule has 0 amide bonds. The summed E-state index contributed by atoms with van der Waals surface area (Å²) < 4.78 is 3.45. The Balaban J connectivity index is 1.97. The molecule has 2 aromatic carbocycles. The van der Waals surface area contributed by atoms with Crippen molar-refractivity contribution in [2.75, 3.05) is 6.54 Å². The lowest BCUT2D eigenvalue weighted by Crippen LogP contribution is -2.08. The first-order chi connectivity index (χ1) is 12.4. The molecule has 0 fully saturated rings. The molecular formula is C24H27NS. The molecule has 2 rings (SSSR count). The molecule has 0 heterocycles. The molecule has 0 aromatic heterocycles. The van der Waals surface area contributed by atoms with Crippen LogP contribution < -0.4 is 4.72 Å². The second-order valence-electron chi connectivity index (χ2n) is 7.19. The summed E-state index contributed by atoms with van der Waals surface area (Å²) in [4.78, 5) is 1.18. The fourth-order valence-electron chi connectivity index (χ4n) is 2.38. The van der Waals surface area contributed by atoms with Gasteiger partial charge < -0.3 is 0 Å². The molecule has 134 valence electrons. The normalized spacial score (nSPS) is 11.6. The van der Waals surface area contributed by atoms with Crippen LogP contribution >= 0.6 is 11.9 Å². The summed E-state index contributed by atoms with van der Waals surface area (Å²) in [5.74, 6) is 6.49. The van der Waals surface area contributed by atoms with Gasteiger partial charge in [0.1, 0.15) is 0 Å². The quantitative estimate of drug-likeness (QED) is 0.370. The van der Waals surface area contributed by atoms with E-state index in [0.717, 1.165) is 12.1 Å². The van der Waals surface area contributed by atoms with E-state index in [1.54, 1.807) is 11.9 Å². The van der Waals surface area contributed by atoms with E-state index in [9.17, 15) is 0 Å². The lowest BCUT2D eigenvalue weighted by Gasteiger charge is -2.11. The van der Waals surface area contributed by atoms with Crippen molar-refractivity contribution in [3.05, 3.63) is 84.0 Å². The van der Waals surface area contributed by atoms with E-state index in [1.807, 2.05) is 6.08 Å². The van der Waals surface area contributed by atoms with Crippen molar-refractivity contribution in [1.29, 1.82) is 0 Å². The van der Waals surface area contributed by atoms with Crippen LogP contribution in [0.3, 0.4) is 0 Å². The van der Waals surface area contributed by atoms with Gasteiger partial charge in [-0.15, -0.1) is 0 Å². The van der Waals surface area contributed by atoms with Crippen LogP contribution in [-0.4, -0.2) is 6.54 Å². The topological polar surface area (TPSA) is 12.0 Å². The van der Waals surface area contributed by atoms with Crippen molar-refractivity contribution < 1.29 is 0 Å². The standard InChI is InChI=1S/C24H27NS/c1-6-9-21(23-11-8-7-10-19(23)2)18-25-26-22-14-12-20(13-15-22)16-17-24(3,4)5/h6-15,25H,1,18H2,2-5H3/b21-9-. The van der Waals surface area contributed by atoms with Crippen LogP contribution in [0.25, 0.3) is 5.57 Å². The molecule has 1 N–H and O–H groups in total. The number of benzene rings is 2. The summed E-state index contributed by atoms with van der Waals surface area (Å²) in [7, 11) is 0. The van der Waals surface area contributed by atoms with Crippen LogP contribution in [0.1, 0.15) is 37.5 Å². The number of allylic oxidation sites excluding steroid dienone is 2. The lowest BCUT2D eigenvalue weighted by atomic mass is 9.97. The van der Waals surface area contributed by atoms with Gasteiger partial charge in [-0.05, 0) is 80.6 Å². The minimum atomic E-state index is 0.0262. The van der Waals surface area contributed by atoms with Gasteiger partial charge in [0.2, 0.25) is 0 Å². The van der Waals surface area contributed by atoms with Gasteiger partial charge in [-0.2, -0.15) is 0 Å². The van der Waals surface area contributed by atoms with Crippen LogP contribution in [0.2, 0.25) is 0 Å². The summed E-state index contributed by atoms with van der Waals surface area (Å²) in [6.07, 6.45) is 3.91. The van der Waals surface area contributed by atoms with Gasteiger partial charge in [-0.1, -0.05) is 54.8 Å². The fourth-order valence-corrected chi connectivity index (χ4v) is 3.05. The zero-order chi connectivity index (χ0) is 19.0. The van der Waals surface area contributed by atoms with Crippen molar-refractivity contribution in [3.63, 3.8) is 0 Å². The molecule has 1 nitrogen and oxygen atoms in total. The Kier molecular flexibility index (Phi) is 7.33. The summed E-state index contributed by atoms with van der Waals surface area (Å²) in [5.41, 5.74) is 4.84. The van der Waals surface area contributed by atoms with E-state index >= 15 is 0 Å². The van der Waals surface area contributed by atoms with Gasteiger partial charge in [-0.25, -0.2) is 0 Å². The molecule has 2 heteroatoms. The first-order valence-electron chi connectivity index (χ1n) is 8.79. The third kappa shape index (κ3) is 6.59. The highest BCUT2D eigenvalue weighted by Gasteiger charge is 2.05. The van der Waals surface area contributed by atoms with Crippen molar-refractivity contribution in [3.8, 4) is 11.8 Å². The van der Waals surface area contributed by atoms with Gasteiger partial charge >= 0.3 is 0 Å². The van der Waals surface area contributed by atoms with Crippen molar-refractivity contribution in [2.45, 2.75) is 32.6 Å². The van der Waals surface area contributed by atoms with Crippen molar-refractivity contribution >= 4 is 17.5 Å². The molecule has 0 saturated carbocycles. The number of aryl methyl sites for hydroxylation is 1. The number of hydrogen-bond donors (Lipinski definition) is 1. The summed E-state index contributed by atoms with van der Waals surface area (Å²) in [6, 6.07) is 16.8. The maximum absolute atomic E-state index is 3.84. The molecule has 2 aromatic rings. The highest BCUT2D eigenvalue weighted by Crippen LogP contribution is 2.21. The van der Waals surface area contributed by atoms with Crippen LogP contribution in [0.5, 0.6) is 0 Å². The highest BCUT2D eigenvalue weighted by molar-refractivity contribution is 7.97. The van der Waals surface area contributed by atoms with Crippen LogP contribution in [-0.2, 0) is 0 Å². The van der Waals surface area contributed by atoms with Gasteiger partial charge in [0, 0.05) is 22.4 Å². The lowest BCUT2D eigenvalue weighted by molar-refractivity contribution is 0.571. The first-order valence-corrected chi connectivity index (χ1v) is 9.61. The minimum Gasteiger partial charge on any atom is -0.255 e. The average molecular weight is 362 g/mol. The van der Waals surface area contributed by atoms with Gasteiger partial charge in [0.15, 0.2) is 0 Å². The minimum absolute atomic E-state index is 0.0262. The summed E-state index contributed by atoms with van der Waals surface area (Å²) >= 11 is 1.63. The molecule has 0 radical (unpaired) electrons. The monoisotopic (exact) mass is 361 g/mol. The van der Waals surface area contributed by atoms with E-state index < -0.39 is 0 Å².